The van der Waals surface area contributed by atoms with Crippen LogP contribution in [-0.2, 0) is 11.2 Å². The van der Waals surface area contributed by atoms with Crippen molar-refractivity contribution in [1.29, 1.82) is 0 Å². The number of hydrogen-bond donors (Lipinski definition) is 2. The summed E-state index contributed by atoms with van der Waals surface area (Å²) in [4.78, 5) is 22.0. The van der Waals surface area contributed by atoms with Crippen molar-refractivity contribution in [3.05, 3.63) is 71.1 Å². The Morgan fingerprint density at radius 3 is 2.52 bits per heavy atom. The highest BCUT2D eigenvalue weighted by atomic mass is 19.1. The minimum absolute atomic E-state index is 0.130. The van der Waals surface area contributed by atoms with Gasteiger partial charge in [-0.2, -0.15) is 0 Å². The number of furan rings is 1. The number of carbonyl (C=O) groups is 2. The molecule has 1 aromatic carbocycles. The van der Waals surface area contributed by atoms with Gasteiger partial charge in [-0.15, -0.1) is 0 Å². The molecule has 0 bridgehead atoms. The van der Waals surface area contributed by atoms with E-state index in [9.17, 15) is 14.0 Å². The van der Waals surface area contributed by atoms with Crippen LogP contribution in [0.4, 0.5) is 4.39 Å². The van der Waals surface area contributed by atoms with E-state index in [1.807, 2.05) is 0 Å². The van der Waals surface area contributed by atoms with E-state index in [-0.39, 0.29) is 18.0 Å². The second-order valence-corrected chi connectivity index (χ2v) is 4.23. The molecule has 0 amide bonds. The van der Waals surface area contributed by atoms with Gasteiger partial charge in [0.25, 0.3) is 0 Å². The van der Waals surface area contributed by atoms with Gasteiger partial charge in [-0.25, -0.2) is 9.18 Å². The molecule has 1 aromatic heterocycles. The van der Waals surface area contributed by atoms with Crippen molar-refractivity contribution in [3.63, 3.8) is 0 Å². The van der Waals surface area contributed by atoms with Gasteiger partial charge < -0.3 is 14.6 Å². The summed E-state index contributed by atoms with van der Waals surface area (Å²) in [5.41, 5.74) is 0.412. The number of halogens is 1. The average Bonchev–Trinajstić information content (AvgIpc) is 2.90. The molecule has 108 valence electrons. The molecule has 0 aliphatic rings. The van der Waals surface area contributed by atoms with Gasteiger partial charge in [-0.1, -0.05) is 18.2 Å². The third-order valence-corrected chi connectivity index (χ3v) is 2.71. The Bertz CT molecular complexity index is 714. The van der Waals surface area contributed by atoms with Gasteiger partial charge in [-0.05, 0) is 23.8 Å². The Labute approximate surface area is 118 Å². The lowest BCUT2D eigenvalue weighted by atomic mass is 10.1. The molecule has 6 heteroatoms. The molecule has 0 saturated carbocycles. The van der Waals surface area contributed by atoms with E-state index in [1.165, 1.54) is 18.2 Å². The van der Waals surface area contributed by atoms with Crippen molar-refractivity contribution in [2.24, 2.45) is 0 Å². The number of allylic oxidation sites excluding steroid dienone is 1. The first-order valence-corrected chi connectivity index (χ1v) is 5.98. The van der Waals surface area contributed by atoms with E-state index in [4.69, 9.17) is 14.6 Å². The lowest BCUT2D eigenvalue weighted by Crippen LogP contribution is -2.03. The minimum atomic E-state index is -1.61. The number of carboxylic acids is 1. The Morgan fingerprint density at radius 1 is 1.14 bits per heavy atom. The molecule has 2 aromatic rings. The summed E-state index contributed by atoms with van der Waals surface area (Å²) in [7, 11) is 0. The van der Waals surface area contributed by atoms with E-state index in [0.29, 0.717) is 17.4 Å². The number of carboxylic acid groups (broad SMARTS) is 1. The quantitative estimate of drug-likeness (QED) is 0.502. The summed E-state index contributed by atoms with van der Waals surface area (Å²) in [5, 5.41) is 17.5. The number of hydrogen-bond acceptors (Lipinski definition) is 4. The molecule has 0 radical (unpaired) electrons. The zero-order valence-electron chi connectivity index (χ0n) is 10.7. The smallest absolute Gasteiger partial charge is 0.371 e. The maximum Gasteiger partial charge on any atom is 0.371 e. The first-order valence-electron chi connectivity index (χ1n) is 5.98. The van der Waals surface area contributed by atoms with E-state index < -0.39 is 17.5 Å². The minimum Gasteiger partial charge on any atom is -0.502 e. The lowest BCUT2D eigenvalue weighted by Gasteiger charge is -1.99. The number of aliphatic hydroxyl groups is 1. The maximum absolute atomic E-state index is 13.5. The standard InChI is InChI=1S/C15H11FO5/c16-11-4-2-1-3-9(11)7-10-5-6-14(21-10)12(17)8-13(18)15(19)20/h1-6,8,18H,7H2,(H,19,20)/b13-8-. The molecule has 0 aliphatic heterocycles. The van der Waals surface area contributed by atoms with Gasteiger partial charge in [0.05, 0.1) is 0 Å². The van der Waals surface area contributed by atoms with Crippen LogP contribution < -0.4 is 0 Å². The van der Waals surface area contributed by atoms with Gasteiger partial charge in [0, 0.05) is 12.5 Å². The Balaban J connectivity index is 2.15. The molecule has 0 aliphatic carbocycles. The van der Waals surface area contributed by atoms with Gasteiger partial charge in [-0.3, -0.25) is 4.79 Å². The summed E-state index contributed by atoms with van der Waals surface area (Å²) in [6.45, 7) is 0. The predicted octanol–water partition coefficient (Wildman–Crippen LogP) is 2.72. The van der Waals surface area contributed by atoms with E-state index >= 15 is 0 Å². The van der Waals surface area contributed by atoms with Crippen molar-refractivity contribution in [2.75, 3.05) is 0 Å². The van der Waals surface area contributed by atoms with Crippen LogP contribution in [0.3, 0.4) is 0 Å². The first kappa shape index (κ1) is 14.5. The zero-order valence-corrected chi connectivity index (χ0v) is 10.7. The maximum atomic E-state index is 13.5. The second-order valence-electron chi connectivity index (χ2n) is 4.23. The van der Waals surface area contributed by atoms with Crippen LogP contribution in [0.1, 0.15) is 21.9 Å². The molecule has 0 spiro atoms. The summed E-state index contributed by atoms with van der Waals surface area (Å²) < 4.78 is 18.7. The Hall–Kier alpha value is -2.89. The van der Waals surface area contributed by atoms with Crippen molar-refractivity contribution in [1.82, 2.24) is 0 Å². The third-order valence-electron chi connectivity index (χ3n) is 2.71. The molecule has 0 saturated heterocycles. The lowest BCUT2D eigenvalue weighted by molar-refractivity contribution is -0.135. The molecular formula is C15H11FO5. The highest BCUT2D eigenvalue weighted by Gasteiger charge is 2.14. The molecule has 2 N–H and O–H groups in total. The van der Waals surface area contributed by atoms with Crippen LogP contribution in [0.25, 0.3) is 0 Å². The van der Waals surface area contributed by atoms with E-state index in [1.54, 1.807) is 18.2 Å². The molecule has 1 heterocycles. The number of aliphatic carboxylic acids is 1. The van der Waals surface area contributed by atoms with Crippen LogP contribution in [0.15, 0.2) is 52.7 Å². The van der Waals surface area contributed by atoms with Gasteiger partial charge in [0.15, 0.2) is 5.76 Å². The van der Waals surface area contributed by atoms with Crippen molar-refractivity contribution in [3.8, 4) is 0 Å². The van der Waals surface area contributed by atoms with Crippen molar-refractivity contribution >= 4 is 11.8 Å². The molecule has 0 fully saturated rings. The molecule has 5 nitrogen and oxygen atoms in total. The molecule has 0 atom stereocenters. The normalized spacial score (nSPS) is 11.4. The van der Waals surface area contributed by atoms with Gasteiger partial charge in [0.2, 0.25) is 11.5 Å². The van der Waals surface area contributed by atoms with E-state index in [0.717, 1.165) is 0 Å². The monoisotopic (exact) mass is 290 g/mol. The molecule has 0 unspecified atom stereocenters. The number of rotatable bonds is 5. The van der Waals surface area contributed by atoms with E-state index in [2.05, 4.69) is 0 Å². The summed E-state index contributed by atoms with van der Waals surface area (Å²) in [6.07, 6.45) is 0.711. The van der Waals surface area contributed by atoms with Gasteiger partial charge in [0.1, 0.15) is 11.6 Å². The number of ketones is 1. The summed E-state index contributed by atoms with van der Waals surface area (Å²) in [6, 6.07) is 8.99. The average molecular weight is 290 g/mol. The number of aliphatic hydroxyl groups excluding tert-OH is 1. The predicted molar refractivity (Wildman–Crippen MR) is 70.6 cm³/mol. The molecule has 21 heavy (non-hydrogen) atoms. The van der Waals surface area contributed by atoms with Crippen LogP contribution in [0.2, 0.25) is 0 Å². The summed E-state index contributed by atoms with van der Waals surface area (Å²) in [5.74, 6) is -3.63. The third kappa shape index (κ3) is 3.56. The highest BCUT2D eigenvalue weighted by Crippen LogP contribution is 2.16. The van der Waals surface area contributed by atoms with Crippen LogP contribution in [0, 0.1) is 5.82 Å². The van der Waals surface area contributed by atoms with Crippen molar-refractivity contribution < 1.29 is 28.6 Å². The zero-order chi connectivity index (χ0) is 15.4. The largest absolute Gasteiger partial charge is 0.502 e. The van der Waals surface area contributed by atoms with Crippen LogP contribution in [0.5, 0.6) is 0 Å². The van der Waals surface area contributed by atoms with Crippen LogP contribution in [-0.4, -0.2) is 22.0 Å². The SMILES string of the molecule is O=C(O)/C(O)=C/C(=O)c1ccc(Cc2ccccc2F)o1. The van der Waals surface area contributed by atoms with Crippen molar-refractivity contribution in [2.45, 2.75) is 6.42 Å². The second kappa shape index (κ2) is 6.04. The number of carbonyl (C=O) groups excluding carboxylic acids is 1. The molecule has 2 rings (SSSR count). The fourth-order valence-corrected chi connectivity index (χ4v) is 1.69. The Morgan fingerprint density at radius 2 is 1.86 bits per heavy atom. The Kier molecular flexibility index (Phi) is 4.18. The first-order chi connectivity index (χ1) is 9.97. The van der Waals surface area contributed by atoms with Crippen LogP contribution >= 0.6 is 0 Å². The molecular weight excluding hydrogens is 279 g/mol. The fourth-order valence-electron chi connectivity index (χ4n) is 1.69. The topological polar surface area (TPSA) is 87.7 Å². The summed E-state index contributed by atoms with van der Waals surface area (Å²) >= 11 is 0. The fraction of sp³-hybridized carbons (Fsp3) is 0.0667. The van der Waals surface area contributed by atoms with Gasteiger partial charge >= 0.3 is 5.97 Å². The number of benzene rings is 1. The highest BCUT2D eigenvalue weighted by molar-refractivity contribution is 6.06.